The second-order valence-electron chi connectivity index (χ2n) is 5.75. The van der Waals surface area contributed by atoms with Gasteiger partial charge in [-0.1, -0.05) is 50.9 Å². The Labute approximate surface area is 149 Å². The SMILES string of the molecule is Cc1ccc(NC(=O)c2c(-c3cccc(Br)c3)noc2C)c(C)c1. The molecule has 5 heteroatoms. The first kappa shape index (κ1) is 16.5. The van der Waals surface area contributed by atoms with Crippen LogP contribution in [0.15, 0.2) is 51.5 Å². The Morgan fingerprint density at radius 1 is 1.12 bits per heavy atom. The van der Waals surface area contributed by atoms with Gasteiger partial charge in [-0.2, -0.15) is 0 Å². The third-order valence-electron chi connectivity index (χ3n) is 3.82. The van der Waals surface area contributed by atoms with Gasteiger partial charge in [-0.15, -0.1) is 0 Å². The number of carbonyl (C=O) groups is 1. The van der Waals surface area contributed by atoms with Gasteiger partial charge in [0.05, 0.1) is 0 Å². The lowest BCUT2D eigenvalue weighted by Crippen LogP contribution is -2.14. The van der Waals surface area contributed by atoms with Gasteiger partial charge in [-0.05, 0) is 44.5 Å². The van der Waals surface area contributed by atoms with Gasteiger partial charge in [-0.25, -0.2) is 0 Å². The maximum Gasteiger partial charge on any atom is 0.261 e. The van der Waals surface area contributed by atoms with Crippen LogP contribution >= 0.6 is 15.9 Å². The van der Waals surface area contributed by atoms with Crippen molar-refractivity contribution in [2.45, 2.75) is 20.8 Å². The van der Waals surface area contributed by atoms with E-state index in [-0.39, 0.29) is 5.91 Å². The number of halogens is 1. The number of aryl methyl sites for hydroxylation is 3. The van der Waals surface area contributed by atoms with Gasteiger partial charge in [-0.3, -0.25) is 4.79 Å². The van der Waals surface area contributed by atoms with Crippen molar-refractivity contribution >= 4 is 27.5 Å². The fourth-order valence-electron chi connectivity index (χ4n) is 2.61. The first-order valence-corrected chi connectivity index (χ1v) is 8.36. The summed E-state index contributed by atoms with van der Waals surface area (Å²) in [5.74, 6) is 0.267. The zero-order chi connectivity index (χ0) is 17.3. The summed E-state index contributed by atoms with van der Waals surface area (Å²) < 4.78 is 6.19. The molecular formula is C19H17BrN2O2. The summed E-state index contributed by atoms with van der Waals surface area (Å²) in [4.78, 5) is 12.8. The van der Waals surface area contributed by atoms with Crippen LogP contribution in [0.5, 0.6) is 0 Å². The third kappa shape index (κ3) is 3.26. The highest BCUT2D eigenvalue weighted by molar-refractivity contribution is 9.10. The van der Waals surface area contributed by atoms with Gasteiger partial charge >= 0.3 is 0 Å². The van der Waals surface area contributed by atoms with Crippen molar-refractivity contribution in [3.05, 3.63) is 69.4 Å². The minimum absolute atomic E-state index is 0.226. The molecule has 0 radical (unpaired) electrons. The number of hydrogen-bond acceptors (Lipinski definition) is 3. The molecule has 0 aliphatic rings. The Morgan fingerprint density at radius 3 is 2.62 bits per heavy atom. The Balaban J connectivity index is 1.97. The molecule has 122 valence electrons. The molecule has 2 aromatic carbocycles. The fraction of sp³-hybridized carbons (Fsp3) is 0.158. The van der Waals surface area contributed by atoms with Crippen molar-refractivity contribution in [3.63, 3.8) is 0 Å². The second-order valence-corrected chi connectivity index (χ2v) is 6.66. The van der Waals surface area contributed by atoms with E-state index in [1.165, 1.54) is 0 Å². The van der Waals surface area contributed by atoms with Crippen molar-refractivity contribution in [3.8, 4) is 11.3 Å². The molecule has 0 fully saturated rings. The van der Waals surface area contributed by atoms with Crippen LogP contribution in [0.3, 0.4) is 0 Å². The molecule has 3 aromatic rings. The zero-order valence-corrected chi connectivity index (χ0v) is 15.3. The molecule has 0 spiro atoms. The molecule has 1 aromatic heterocycles. The van der Waals surface area contributed by atoms with Crippen molar-refractivity contribution in [2.75, 3.05) is 5.32 Å². The van der Waals surface area contributed by atoms with E-state index < -0.39 is 0 Å². The monoisotopic (exact) mass is 384 g/mol. The molecule has 1 N–H and O–H groups in total. The number of rotatable bonds is 3. The Kier molecular flexibility index (Phi) is 4.53. The highest BCUT2D eigenvalue weighted by atomic mass is 79.9. The summed E-state index contributed by atoms with van der Waals surface area (Å²) in [5.41, 5.74) is 4.77. The van der Waals surface area contributed by atoms with Crippen LogP contribution in [-0.4, -0.2) is 11.1 Å². The molecule has 0 aliphatic carbocycles. The lowest BCUT2D eigenvalue weighted by molar-refractivity contribution is 0.102. The van der Waals surface area contributed by atoms with E-state index in [9.17, 15) is 4.79 Å². The summed E-state index contributed by atoms with van der Waals surface area (Å²) in [7, 11) is 0. The van der Waals surface area contributed by atoms with E-state index in [1.807, 2.05) is 56.3 Å². The van der Waals surface area contributed by atoms with Gasteiger partial charge < -0.3 is 9.84 Å². The molecule has 1 heterocycles. The van der Waals surface area contributed by atoms with Crippen LogP contribution in [0.2, 0.25) is 0 Å². The lowest BCUT2D eigenvalue weighted by atomic mass is 10.1. The number of nitrogens with zero attached hydrogens (tertiary/aromatic N) is 1. The van der Waals surface area contributed by atoms with E-state index in [2.05, 4.69) is 26.4 Å². The molecular weight excluding hydrogens is 368 g/mol. The van der Waals surface area contributed by atoms with Crippen LogP contribution in [0.1, 0.15) is 27.2 Å². The van der Waals surface area contributed by atoms with Gasteiger partial charge in [0.1, 0.15) is 17.0 Å². The van der Waals surface area contributed by atoms with E-state index in [4.69, 9.17) is 4.52 Å². The van der Waals surface area contributed by atoms with Crippen LogP contribution in [-0.2, 0) is 0 Å². The van der Waals surface area contributed by atoms with Gasteiger partial charge in [0.2, 0.25) is 0 Å². The van der Waals surface area contributed by atoms with Crippen LogP contribution in [0, 0.1) is 20.8 Å². The number of aromatic nitrogens is 1. The third-order valence-corrected chi connectivity index (χ3v) is 4.31. The lowest BCUT2D eigenvalue weighted by Gasteiger charge is -2.09. The average molecular weight is 385 g/mol. The highest BCUT2D eigenvalue weighted by Gasteiger charge is 2.22. The molecule has 1 amide bonds. The normalized spacial score (nSPS) is 10.7. The maximum absolute atomic E-state index is 12.8. The summed E-state index contributed by atoms with van der Waals surface area (Å²) in [6, 6.07) is 13.5. The summed E-state index contributed by atoms with van der Waals surface area (Å²) in [6.07, 6.45) is 0. The molecule has 0 unspecified atom stereocenters. The summed E-state index contributed by atoms with van der Waals surface area (Å²) in [6.45, 7) is 5.73. The van der Waals surface area contributed by atoms with Crippen molar-refractivity contribution in [2.24, 2.45) is 0 Å². The van der Waals surface area contributed by atoms with E-state index in [0.29, 0.717) is 17.0 Å². The average Bonchev–Trinajstić information content (AvgIpc) is 2.92. The number of benzene rings is 2. The highest BCUT2D eigenvalue weighted by Crippen LogP contribution is 2.28. The van der Waals surface area contributed by atoms with Gasteiger partial charge in [0.15, 0.2) is 0 Å². The Bertz CT molecular complexity index is 915. The predicted octanol–water partition coefficient (Wildman–Crippen LogP) is 5.28. The number of carbonyl (C=O) groups excluding carboxylic acids is 1. The zero-order valence-electron chi connectivity index (χ0n) is 13.7. The molecule has 4 nitrogen and oxygen atoms in total. The van der Waals surface area contributed by atoms with Crippen molar-refractivity contribution in [1.82, 2.24) is 5.16 Å². The van der Waals surface area contributed by atoms with E-state index in [1.54, 1.807) is 6.92 Å². The first-order valence-electron chi connectivity index (χ1n) is 7.56. The largest absolute Gasteiger partial charge is 0.360 e. The topological polar surface area (TPSA) is 55.1 Å². The van der Waals surface area contributed by atoms with Crippen LogP contribution < -0.4 is 5.32 Å². The molecule has 3 rings (SSSR count). The number of nitrogens with one attached hydrogen (secondary N) is 1. The van der Waals surface area contributed by atoms with Crippen LogP contribution in [0.25, 0.3) is 11.3 Å². The standard InChI is InChI=1S/C19H17BrN2O2/c1-11-7-8-16(12(2)9-11)21-19(23)17-13(3)24-22-18(17)14-5-4-6-15(20)10-14/h4-10H,1-3H3,(H,21,23). The summed E-state index contributed by atoms with van der Waals surface area (Å²) >= 11 is 3.44. The molecule has 0 atom stereocenters. The minimum atomic E-state index is -0.226. The number of amides is 1. The number of anilines is 1. The molecule has 0 saturated heterocycles. The molecule has 24 heavy (non-hydrogen) atoms. The van der Waals surface area contributed by atoms with E-state index >= 15 is 0 Å². The van der Waals surface area contributed by atoms with Gasteiger partial charge in [0.25, 0.3) is 5.91 Å². The first-order chi connectivity index (χ1) is 11.5. The van der Waals surface area contributed by atoms with Gasteiger partial charge in [0, 0.05) is 15.7 Å². The van der Waals surface area contributed by atoms with Crippen molar-refractivity contribution < 1.29 is 9.32 Å². The fourth-order valence-corrected chi connectivity index (χ4v) is 3.01. The minimum Gasteiger partial charge on any atom is -0.360 e. The quantitative estimate of drug-likeness (QED) is 0.667. The van der Waals surface area contributed by atoms with Crippen molar-refractivity contribution in [1.29, 1.82) is 0 Å². The smallest absolute Gasteiger partial charge is 0.261 e. The Hall–Kier alpha value is -2.40. The van der Waals surface area contributed by atoms with Crippen LogP contribution in [0.4, 0.5) is 5.69 Å². The molecule has 0 bridgehead atoms. The molecule has 0 aliphatic heterocycles. The maximum atomic E-state index is 12.8. The molecule has 0 saturated carbocycles. The Morgan fingerprint density at radius 2 is 1.92 bits per heavy atom. The second kappa shape index (κ2) is 6.61. The number of hydrogen-bond donors (Lipinski definition) is 1. The summed E-state index contributed by atoms with van der Waals surface area (Å²) in [5, 5.41) is 7.02. The van der Waals surface area contributed by atoms with E-state index in [0.717, 1.165) is 26.9 Å². The predicted molar refractivity (Wildman–Crippen MR) is 98.2 cm³/mol.